The Labute approximate surface area is 457 Å². The number of Topliss-reactive ketones (excluding diaryl/α,β-unsaturated/α-hetero) is 1. The van der Waals surface area contributed by atoms with E-state index in [4.69, 9.17) is 23.7 Å². The highest BCUT2D eigenvalue weighted by molar-refractivity contribution is 6.17. The summed E-state index contributed by atoms with van der Waals surface area (Å²) in [4.78, 5) is 35.0. The lowest BCUT2D eigenvalue weighted by Crippen LogP contribution is -2.70. The van der Waals surface area contributed by atoms with Crippen LogP contribution in [0.15, 0.2) is 42.6 Å². The fraction of sp³-hybridized carbons (Fsp3) is 0.508. The topological polar surface area (TPSA) is 200 Å². The van der Waals surface area contributed by atoms with Gasteiger partial charge in [-0.2, -0.15) is 0 Å². The summed E-state index contributed by atoms with van der Waals surface area (Å²) in [7, 11) is 1.61. The number of aliphatic hydroxyl groups excluding tert-OH is 2. The van der Waals surface area contributed by atoms with E-state index in [-0.39, 0.29) is 71.7 Å². The number of nitrogens with zero attached hydrogens (tertiary/aromatic N) is 1. The standard InChI is InChI=1S/C65H66N2O12/c1-75-58-41-16-15-34-23-33-8-3-12-38(33)51-49(34)52(41)54-57(71)53(51)46(69)28-67-27-44-32(7-2-13-39(44)61(67)72)9-6-22-76-60-56(70)48-29-77-47(18-17-42(58)59(54)79-62(78-48)65(60,74)31-68)43-26-66-45-24-35-19-21-63-30-64(73)20-5-11-37(64)25-36(63)10-4-14-40(50(43)45)55(35)63/h2,7,13,17-18,23-24,26,33,36-38,47-48,56,60,62,66,68,70-71,73-74H,3-5,8-12,14-16,19-21,25,27-31H2,1H3/b18-17+/t33-,36+,37-,38+,47+,48+,56+,60-,62+,63-,64-,65+/m0/s1. The molecule has 1 spiro atoms. The molecule has 5 heterocycles. The van der Waals surface area contributed by atoms with E-state index in [9.17, 15) is 30.3 Å². The lowest BCUT2D eigenvalue weighted by molar-refractivity contribution is -0.328. The largest absolute Gasteiger partial charge is 0.506 e. The Morgan fingerprint density at radius 3 is 2.68 bits per heavy atom. The molecule has 1 saturated heterocycles. The first-order chi connectivity index (χ1) is 38.4. The lowest BCUT2D eigenvalue weighted by atomic mass is 9.55. The van der Waals surface area contributed by atoms with Gasteiger partial charge in [0, 0.05) is 57.6 Å². The van der Waals surface area contributed by atoms with E-state index >= 15 is 4.79 Å². The summed E-state index contributed by atoms with van der Waals surface area (Å²) in [6.45, 7) is -1.34. The molecule has 0 radical (unpaired) electrons. The fourth-order valence-electron chi connectivity index (χ4n) is 18.1. The second-order valence-corrected chi connectivity index (χ2v) is 25.2. The molecule has 5 aromatic rings. The summed E-state index contributed by atoms with van der Waals surface area (Å²) in [6, 6.07) is 7.74. The third-order valence-corrected chi connectivity index (χ3v) is 21.6. The van der Waals surface area contributed by atoms with Crippen LogP contribution in [-0.4, -0.2) is 110 Å². The van der Waals surface area contributed by atoms with Crippen molar-refractivity contribution in [2.45, 2.75) is 163 Å². The molecule has 408 valence electrons. The third kappa shape index (κ3) is 6.69. The normalized spacial score (nSPS) is 34.9. The van der Waals surface area contributed by atoms with Gasteiger partial charge in [-0.1, -0.05) is 43.0 Å². The van der Waals surface area contributed by atoms with Crippen molar-refractivity contribution in [1.82, 2.24) is 9.88 Å². The van der Waals surface area contributed by atoms with Crippen molar-refractivity contribution in [3.63, 3.8) is 0 Å². The quantitative estimate of drug-likeness (QED) is 0.0944. The van der Waals surface area contributed by atoms with Gasteiger partial charge in [-0.15, -0.1) is 0 Å². The number of H-pyrrole nitrogens is 1. The van der Waals surface area contributed by atoms with Gasteiger partial charge >= 0.3 is 0 Å². The molecular weight excluding hydrogens is 1000 g/mol. The number of ether oxygens (including phenoxy) is 5. The highest BCUT2D eigenvalue weighted by Crippen LogP contribution is 2.64. The highest BCUT2D eigenvalue weighted by atomic mass is 16.7. The molecule has 4 aromatic carbocycles. The van der Waals surface area contributed by atoms with E-state index in [0.717, 1.165) is 133 Å². The number of aromatic hydroxyl groups is 1. The summed E-state index contributed by atoms with van der Waals surface area (Å²) >= 11 is 0. The summed E-state index contributed by atoms with van der Waals surface area (Å²) in [5.41, 5.74) is 8.77. The zero-order valence-corrected chi connectivity index (χ0v) is 44.5. The Kier molecular flexibility index (Phi) is 10.7. The van der Waals surface area contributed by atoms with E-state index in [1.165, 1.54) is 16.7 Å². The second kappa shape index (κ2) is 17.4. The molecule has 12 atom stereocenters. The van der Waals surface area contributed by atoms with Crippen molar-refractivity contribution < 1.29 is 58.8 Å². The van der Waals surface area contributed by atoms with Crippen molar-refractivity contribution in [3.05, 3.63) is 109 Å². The Morgan fingerprint density at radius 1 is 0.924 bits per heavy atom. The zero-order valence-electron chi connectivity index (χ0n) is 44.5. The van der Waals surface area contributed by atoms with Crippen LogP contribution in [0.4, 0.5) is 0 Å². The Hall–Kier alpha value is -6.18. The van der Waals surface area contributed by atoms with Crippen LogP contribution in [0.1, 0.15) is 165 Å². The SMILES string of the molecule is COc1c2c3c4c(O)c(c5c6c4c1CCC6=C[C@@H]1CCC[C@@H]51)C(=O)CN1Cc4c(cccc4C1=O)CC#CO[C@H]1[C@H](O)[C@@H](CO[C@@H](c4c[nH]c5cc6c7c(c45)CCC[C@@H]4C[C@@H]5CCC[C@]5(O)C[C@]74CC6)/C=C/2)O[C@H](O3)[C@@]1(O)CO. The summed E-state index contributed by atoms with van der Waals surface area (Å²) < 4.78 is 33.7. The van der Waals surface area contributed by atoms with Crippen LogP contribution in [0.5, 0.6) is 17.2 Å². The highest BCUT2D eigenvalue weighted by Gasteiger charge is 2.61. The molecule has 4 fully saturated rings. The lowest BCUT2D eigenvalue weighted by Gasteiger charge is -2.51. The van der Waals surface area contributed by atoms with Crippen LogP contribution < -0.4 is 9.47 Å². The summed E-state index contributed by atoms with van der Waals surface area (Å²) in [6.07, 6.45) is 17.9. The van der Waals surface area contributed by atoms with Crippen molar-refractivity contribution in [2.24, 2.45) is 17.8 Å². The molecule has 1 amide bonds. The minimum Gasteiger partial charge on any atom is -0.506 e. The van der Waals surface area contributed by atoms with Crippen LogP contribution in [-0.2, 0) is 51.9 Å². The maximum absolute atomic E-state index is 15.6. The van der Waals surface area contributed by atoms with Gasteiger partial charge in [0.1, 0.15) is 41.7 Å². The van der Waals surface area contributed by atoms with E-state index in [1.54, 1.807) is 24.1 Å². The molecule has 7 aliphatic carbocycles. The predicted octanol–water partition coefficient (Wildman–Crippen LogP) is 8.44. The molecule has 1 aromatic heterocycles. The number of hydrogen-bond donors (Lipinski definition) is 6. The Balaban J connectivity index is 0.938. The second-order valence-electron chi connectivity index (χ2n) is 25.2. The monoisotopic (exact) mass is 1070 g/mol. The molecule has 79 heavy (non-hydrogen) atoms. The molecule has 16 rings (SSSR count). The molecule has 6 N–H and O–H groups in total. The number of carbonyl (C=O) groups is 2. The van der Waals surface area contributed by atoms with E-state index in [2.05, 4.69) is 29.2 Å². The molecule has 11 aliphatic rings. The number of fused-ring (bicyclic) bond motifs is 10. The number of benzene rings is 4. The molecule has 8 bridgehead atoms. The molecule has 14 heteroatoms. The number of phenolic OH excluding ortho intramolecular Hbond substituents is 1. The van der Waals surface area contributed by atoms with Gasteiger partial charge < -0.3 is 59.1 Å². The molecule has 14 nitrogen and oxygen atoms in total. The number of aryl methyl sites for hydroxylation is 3. The van der Waals surface area contributed by atoms with E-state index in [1.807, 2.05) is 24.4 Å². The number of allylic oxidation sites excluding steroid dienone is 2. The summed E-state index contributed by atoms with van der Waals surface area (Å²) in [5, 5.41) is 64.6. The molecule has 0 unspecified atom stereocenters. The van der Waals surface area contributed by atoms with Crippen LogP contribution in [0.25, 0.3) is 33.3 Å². The van der Waals surface area contributed by atoms with Gasteiger partial charge in [0.15, 0.2) is 17.5 Å². The maximum atomic E-state index is 15.6. The van der Waals surface area contributed by atoms with Gasteiger partial charge in [-0.05, 0) is 170 Å². The van der Waals surface area contributed by atoms with Crippen molar-refractivity contribution >= 4 is 45.0 Å². The van der Waals surface area contributed by atoms with Crippen molar-refractivity contribution in [1.29, 1.82) is 0 Å². The van der Waals surface area contributed by atoms with E-state index in [0.29, 0.717) is 46.9 Å². The summed E-state index contributed by atoms with van der Waals surface area (Å²) in [5.74, 6) is 3.49. The van der Waals surface area contributed by atoms with Gasteiger partial charge in [0.05, 0.1) is 49.0 Å². The average Bonchev–Trinajstić information content (AvgIpc) is 3.26. The van der Waals surface area contributed by atoms with Crippen LogP contribution >= 0.6 is 0 Å². The Bertz CT molecular complexity index is 3660. The number of carbonyl (C=O) groups excluding carboxylic acids is 2. The minimum atomic E-state index is -2.47. The minimum absolute atomic E-state index is 0.0284. The number of methoxy groups -OCH3 is 1. The van der Waals surface area contributed by atoms with Gasteiger partial charge in [0.25, 0.3) is 5.91 Å². The number of aliphatic hydroxyl groups is 4. The third-order valence-electron chi connectivity index (χ3n) is 21.6. The fourth-order valence-corrected chi connectivity index (χ4v) is 18.1. The zero-order chi connectivity index (χ0) is 53.4. The van der Waals surface area contributed by atoms with Crippen LogP contribution in [0.3, 0.4) is 0 Å². The number of ketones is 1. The molecular formula is C65H66N2O12. The number of hydrogen-bond acceptors (Lipinski definition) is 12. The number of amides is 1. The number of nitrogens with one attached hydrogen (secondary N) is 1. The number of aromatic amines is 1. The number of phenols is 1. The maximum Gasteiger partial charge on any atom is 0.254 e. The average molecular weight is 1070 g/mol. The first-order valence-corrected chi connectivity index (χ1v) is 29.2. The first kappa shape index (κ1) is 48.7. The molecule has 4 aliphatic heterocycles. The van der Waals surface area contributed by atoms with Crippen LogP contribution in [0, 0.1) is 29.8 Å². The van der Waals surface area contributed by atoms with Gasteiger partial charge in [0.2, 0.25) is 6.29 Å². The van der Waals surface area contributed by atoms with Crippen LogP contribution in [0.2, 0.25) is 0 Å². The Morgan fingerprint density at radius 2 is 1.81 bits per heavy atom. The van der Waals surface area contributed by atoms with Gasteiger partial charge in [-0.3, -0.25) is 9.59 Å². The predicted molar refractivity (Wildman–Crippen MR) is 292 cm³/mol. The number of aromatic nitrogens is 1. The molecule has 3 saturated carbocycles. The first-order valence-electron chi connectivity index (χ1n) is 29.2. The van der Waals surface area contributed by atoms with Gasteiger partial charge in [-0.25, -0.2) is 0 Å². The van der Waals surface area contributed by atoms with Crippen molar-refractivity contribution in [3.8, 4) is 29.3 Å². The van der Waals surface area contributed by atoms with E-state index < -0.39 is 54.3 Å². The van der Waals surface area contributed by atoms with Crippen molar-refractivity contribution in [2.75, 3.05) is 26.9 Å². The smallest absolute Gasteiger partial charge is 0.254 e. The number of rotatable bonds is 3.